The summed E-state index contributed by atoms with van der Waals surface area (Å²) in [6.07, 6.45) is 4.01. The van der Waals surface area contributed by atoms with Crippen LogP contribution >= 0.6 is 0 Å². The first-order valence-corrected chi connectivity index (χ1v) is 6.99. The van der Waals surface area contributed by atoms with Gasteiger partial charge in [0.25, 0.3) is 5.91 Å². The van der Waals surface area contributed by atoms with Crippen molar-refractivity contribution in [1.29, 1.82) is 0 Å². The molecule has 7 nitrogen and oxygen atoms in total. The maximum atomic E-state index is 12.2. The van der Waals surface area contributed by atoms with Crippen molar-refractivity contribution in [3.05, 3.63) is 11.9 Å². The minimum atomic E-state index is -0.165. The van der Waals surface area contributed by atoms with Gasteiger partial charge in [0.15, 0.2) is 0 Å². The highest BCUT2D eigenvalue weighted by Crippen LogP contribution is 2.15. The number of fused-ring (bicyclic) bond motifs is 1. The van der Waals surface area contributed by atoms with Crippen LogP contribution in [0.5, 0.6) is 0 Å². The number of aromatic nitrogens is 2. The molecule has 0 radical (unpaired) electrons. The monoisotopic (exact) mass is 277 g/mol. The summed E-state index contributed by atoms with van der Waals surface area (Å²) in [5.74, 6) is 0.732. The molecule has 3 heterocycles. The first kappa shape index (κ1) is 13.0. The number of anilines is 1. The topological polar surface area (TPSA) is 79.3 Å². The predicted molar refractivity (Wildman–Crippen MR) is 73.5 cm³/mol. The predicted octanol–water partition coefficient (Wildman–Crippen LogP) is 0.0493. The van der Waals surface area contributed by atoms with Gasteiger partial charge in [0.05, 0.1) is 0 Å². The molecule has 20 heavy (non-hydrogen) atoms. The van der Waals surface area contributed by atoms with Crippen molar-refractivity contribution in [2.45, 2.75) is 31.8 Å². The van der Waals surface area contributed by atoms with Crippen molar-refractivity contribution in [1.82, 2.24) is 19.8 Å². The summed E-state index contributed by atoms with van der Waals surface area (Å²) in [4.78, 5) is 29.6. The molecule has 2 aliphatic heterocycles. The summed E-state index contributed by atoms with van der Waals surface area (Å²) in [7, 11) is 1.76. The second-order valence-corrected chi connectivity index (χ2v) is 5.41. The minimum Gasteiger partial charge on any atom is -0.356 e. The van der Waals surface area contributed by atoms with E-state index in [1.807, 2.05) is 4.57 Å². The van der Waals surface area contributed by atoms with Gasteiger partial charge < -0.3 is 20.1 Å². The Balaban J connectivity index is 1.64. The van der Waals surface area contributed by atoms with Gasteiger partial charge in [-0.15, -0.1) is 0 Å². The summed E-state index contributed by atoms with van der Waals surface area (Å²) in [5.41, 5.74) is 0.439. The number of amides is 2. The smallest absolute Gasteiger partial charge is 0.271 e. The van der Waals surface area contributed by atoms with E-state index in [1.54, 1.807) is 18.1 Å². The van der Waals surface area contributed by atoms with E-state index in [0.29, 0.717) is 25.1 Å². The lowest BCUT2D eigenvalue weighted by Crippen LogP contribution is -2.48. The number of hydrogen-bond acceptors (Lipinski definition) is 4. The van der Waals surface area contributed by atoms with Crippen molar-refractivity contribution in [3.8, 4) is 0 Å². The Morgan fingerprint density at radius 3 is 3.15 bits per heavy atom. The molecule has 0 saturated carbocycles. The maximum Gasteiger partial charge on any atom is 0.271 e. The molecule has 0 aliphatic carbocycles. The van der Waals surface area contributed by atoms with Crippen molar-refractivity contribution in [2.24, 2.45) is 0 Å². The highest BCUT2D eigenvalue weighted by Gasteiger charge is 2.25. The molecule has 1 aromatic rings. The minimum absolute atomic E-state index is 0.0110. The lowest BCUT2D eigenvalue weighted by Gasteiger charge is -2.29. The molecule has 2 aliphatic rings. The van der Waals surface area contributed by atoms with Crippen LogP contribution < -0.4 is 10.6 Å². The van der Waals surface area contributed by atoms with Gasteiger partial charge >= 0.3 is 0 Å². The zero-order valence-electron chi connectivity index (χ0n) is 11.6. The van der Waals surface area contributed by atoms with Crippen molar-refractivity contribution >= 4 is 17.8 Å². The van der Waals surface area contributed by atoms with Crippen LogP contribution in [-0.2, 0) is 11.3 Å². The normalized spacial score (nSPS) is 22.1. The molecule has 1 unspecified atom stereocenters. The third-order valence-corrected chi connectivity index (χ3v) is 3.83. The van der Waals surface area contributed by atoms with Gasteiger partial charge in [0.1, 0.15) is 5.69 Å². The SMILES string of the molecule is CN1CC(NC(=O)c2cn3c(n2)NCCC3)CCC1=O. The van der Waals surface area contributed by atoms with Crippen LogP contribution in [0.25, 0.3) is 0 Å². The van der Waals surface area contributed by atoms with Crippen molar-refractivity contribution in [3.63, 3.8) is 0 Å². The highest BCUT2D eigenvalue weighted by atomic mass is 16.2. The standard InChI is InChI=1S/C13H19N5O2/c1-17-7-9(3-4-11(17)19)15-12(20)10-8-18-6-2-5-14-13(18)16-10/h8-9H,2-7H2,1H3,(H,14,16)(H,15,20). The van der Waals surface area contributed by atoms with Crippen LogP contribution in [0, 0.1) is 0 Å². The van der Waals surface area contributed by atoms with E-state index >= 15 is 0 Å². The van der Waals surface area contributed by atoms with E-state index in [9.17, 15) is 9.59 Å². The van der Waals surface area contributed by atoms with E-state index in [0.717, 1.165) is 25.5 Å². The lowest BCUT2D eigenvalue weighted by atomic mass is 10.1. The zero-order chi connectivity index (χ0) is 14.1. The maximum absolute atomic E-state index is 12.2. The van der Waals surface area contributed by atoms with Gasteiger partial charge in [-0.05, 0) is 12.8 Å². The third-order valence-electron chi connectivity index (χ3n) is 3.83. The third kappa shape index (κ3) is 2.48. The highest BCUT2D eigenvalue weighted by molar-refractivity contribution is 5.93. The Morgan fingerprint density at radius 1 is 1.55 bits per heavy atom. The molecule has 1 atom stereocenters. The molecular weight excluding hydrogens is 258 g/mol. The Labute approximate surface area is 117 Å². The van der Waals surface area contributed by atoms with Crippen LogP contribution in [0.1, 0.15) is 29.8 Å². The molecule has 1 fully saturated rings. The molecule has 2 amide bonds. The number of likely N-dealkylation sites (tertiary alicyclic amines) is 1. The fourth-order valence-corrected chi connectivity index (χ4v) is 2.68. The number of nitrogens with one attached hydrogen (secondary N) is 2. The molecule has 2 N–H and O–H groups in total. The van der Waals surface area contributed by atoms with Crippen LogP contribution in [0.4, 0.5) is 5.95 Å². The van der Waals surface area contributed by atoms with Gasteiger partial charge in [0, 0.05) is 45.3 Å². The van der Waals surface area contributed by atoms with E-state index in [4.69, 9.17) is 0 Å². The summed E-state index contributed by atoms with van der Waals surface area (Å²) < 4.78 is 1.97. The second kappa shape index (κ2) is 5.15. The van der Waals surface area contributed by atoms with Gasteiger partial charge in [-0.2, -0.15) is 0 Å². The van der Waals surface area contributed by atoms with Gasteiger partial charge in [-0.25, -0.2) is 4.98 Å². The summed E-state index contributed by atoms with van der Waals surface area (Å²) >= 11 is 0. The summed E-state index contributed by atoms with van der Waals surface area (Å²) in [6, 6.07) is 0.0110. The molecule has 108 valence electrons. The van der Waals surface area contributed by atoms with Gasteiger partial charge in [-0.3, -0.25) is 9.59 Å². The van der Waals surface area contributed by atoms with Crippen LogP contribution in [-0.4, -0.2) is 52.4 Å². The molecule has 7 heteroatoms. The van der Waals surface area contributed by atoms with Crippen LogP contribution in [0.3, 0.4) is 0 Å². The molecule has 1 aromatic heterocycles. The Bertz CT molecular complexity index is 515. The molecule has 0 bridgehead atoms. The van der Waals surface area contributed by atoms with E-state index in [-0.39, 0.29) is 17.9 Å². The molecule has 0 spiro atoms. The number of likely N-dealkylation sites (N-methyl/N-ethyl adjacent to an activating group) is 1. The zero-order valence-corrected chi connectivity index (χ0v) is 11.6. The average Bonchev–Trinajstić information content (AvgIpc) is 2.87. The van der Waals surface area contributed by atoms with E-state index < -0.39 is 0 Å². The second-order valence-electron chi connectivity index (χ2n) is 5.41. The largest absolute Gasteiger partial charge is 0.356 e. The number of nitrogens with zero attached hydrogens (tertiary/aromatic N) is 3. The summed E-state index contributed by atoms with van der Waals surface area (Å²) in [6.45, 7) is 2.35. The number of rotatable bonds is 2. The van der Waals surface area contributed by atoms with Crippen molar-refractivity contribution < 1.29 is 9.59 Å². The first-order chi connectivity index (χ1) is 9.63. The fourth-order valence-electron chi connectivity index (χ4n) is 2.68. The Hall–Kier alpha value is -2.05. The number of carbonyl (C=O) groups excluding carboxylic acids is 2. The number of hydrogen-bond donors (Lipinski definition) is 2. The number of aryl methyl sites for hydroxylation is 1. The molecule has 0 aromatic carbocycles. The fraction of sp³-hybridized carbons (Fsp3) is 0.615. The molecule has 1 saturated heterocycles. The van der Waals surface area contributed by atoms with Crippen LogP contribution in [0.15, 0.2) is 6.20 Å². The van der Waals surface area contributed by atoms with Gasteiger partial charge in [-0.1, -0.05) is 0 Å². The molecular formula is C13H19N5O2. The Kier molecular flexibility index (Phi) is 3.33. The number of carbonyl (C=O) groups is 2. The molecule has 3 rings (SSSR count). The quantitative estimate of drug-likeness (QED) is 0.800. The lowest BCUT2D eigenvalue weighted by molar-refractivity contribution is -0.132. The Morgan fingerprint density at radius 2 is 2.40 bits per heavy atom. The average molecular weight is 277 g/mol. The van der Waals surface area contributed by atoms with E-state index in [1.165, 1.54) is 0 Å². The van der Waals surface area contributed by atoms with Crippen molar-refractivity contribution in [2.75, 3.05) is 25.5 Å². The number of piperidine rings is 1. The van der Waals surface area contributed by atoms with E-state index in [2.05, 4.69) is 15.6 Å². The summed E-state index contributed by atoms with van der Waals surface area (Å²) in [5, 5.41) is 6.13. The van der Waals surface area contributed by atoms with Gasteiger partial charge in [0.2, 0.25) is 11.9 Å². The number of imidazole rings is 1. The van der Waals surface area contributed by atoms with Crippen LogP contribution in [0.2, 0.25) is 0 Å². The first-order valence-electron chi connectivity index (χ1n) is 6.99.